The second-order valence-electron chi connectivity index (χ2n) is 3.74. The highest BCUT2D eigenvalue weighted by atomic mass is 35.5. The Kier molecular flexibility index (Phi) is 3.84. The van der Waals surface area contributed by atoms with Crippen molar-refractivity contribution >= 4 is 35.8 Å². The van der Waals surface area contributed by atoms with Crippen molar-refractivity contribution in [1.82, 2.24) is 5.32 Å². The molecular formula is C13H9Cl2NO2. The third-order valence-corrected chi connectivity index (χ3v) is 3.36. The Labute approximate surface area is 114 Å². The first-order valence-corrected chi connectivity index (χ1v) is 5.96. The highest BCUT2D eigenvalue weighted by Crippen LogP contribution is 2.37. The normalized spacial score (nSPS) is 16.6. The van der Waals surface area contributed by atoms with Gasteiger partial charge in [0, 0.05) is 17.1 Å². The van der Waals surface area contributed by atoms with Gasteiger partial charge in [-0.3, -0.25) is 9.59 Å². The molecule has 0 aromatic heterocycles. The molecule has 1 N–H and O–H groups in total. The van der Waals surface area contributed by atoms with E-state index in [2.05, 4.69) is 5.32 Å². The molecule has 1 aromatic rings. The van der Waals surface area contributed by atoms with Gasteiger partial charge in [-0.05, 0) is 5.56 Å². The van der Waals surface area contributed by atoms with Gasteiger partial charge < -0.3 is 5.32 Å². The maximum atomic E-state index is 11.2. The summed E-state index contributed by atoms with van der Waals surface area (Å²) in [7, 11) is 0. The second-order valence-corrected chi connectivity index (χ2v) is 4.50. The van der Waals surface area contributed by atoms with Crippen molar-refractivity contribution in [1.29, 1.82) is 0 Å². The molecule has 0 bridgehead atoms. The lowest BCUT2D eigenvalue weighted by atomic mass is 9.85. The average molecular weight is 282 g/mol. The molecule has 0 atom stereocenters. The summed E-state index contributed by atoms with van der Waals surface area (Å²) in [5, 5.41) is 2.90. The molecule has 1 aliphatic heterocycles. The lowest BCUT2D eigenvalue weighted by Crippen LogP contribution is -2.23. The van der Waals surface area contributed by atoms with Gasteiger partial charge >= 0.3 is 0 Å². The minimum absolute atomic E-state index is 0.148. The Morgan fingerprint density at radius 2 is 1.44 bits per heavy atom. The zero-order chi connectivity index (χ0) is 13.1. The summed E-state index contributed by atoms with van der Waals surface area (Å²) in [5.74, 6) is -0.526. The Morgan fingerprint density at radius 3 is 1.89 bits per heavy atom. The molecule has 0 saturated carbocycles. The predicted molar refractivity (Wildman–Crippen MR) is 70.2 cm³/mol. The zero-order valence-electron chi connectivity index (χ0n) is 9.19. The van der Waals surface area contributed by atoms with Crippen molar-refractivity contribution in [2.45, 2.75) is 5.92 Å². The van der Waals surface area contributed by atoms with Crippen LogP contribution in [0.1, 0.15) is 11.5 Å². The molecule has 5 heteroatoms. The van der Waals surface area contributed by atoms with Crippen LogP contribution in [-0.4, -0.2) is 12.6 Å². The third-order valence-electron chi connectivity index (χ3n) is 2.74. The largest absolute Gasteiger partial charge is 0.336 e. The van der Waals surface area contributed by atoms with Gasteiger partial charge in [-0.1, -0.05) is 53.5 Å². The highest BCUT2D eigenvalue weighted by Gasteiger charge is 2.30. The lowest BCUT2D eigenvalue weighted by molar-refractivity contribution is -0.105. The number of aldehydes is 2. The van der Waals surface area contributed by atoms with Crippen LogP contribution in [0.3, 0.4) is 0 Å². The van der Waals surface area contributed by atoms with E-state index in [4.69, 9.17) is 23.2 Å². The lowest BCUT2D eigenvalue weighted by Gasteiger charge is -2.25. The van der Waals surface area contributed by atoms with Gasteiger partial charge in [0.2, 0.25) is 0 Å². The topological polar surface area (TPSA) is 46.2 Å². The van der Waals surface area contributed by atoms with Gasteiger partial charge in [0.25, 0.3) is 0 Å². The Morgan fingerprint density at radius 1 is 0.944 bits per heavy atom. The molecule has 1 aliphatic rings. The van der Waals surface area contributed by atoms with Crippen molar-refractivity contribution < 1.29 is 9.59 Å². The summed E-state index contributed by atoms with van der Waals surface area (Å²) in [4.78, 5) is 22.3. The maximum absolute atomic E-state index is 11.2. The fourth-order valence-electron chi connectivity index (χ4n) is 1.91. The van der Waals surface area contributed by atoms with Crippen LogP contribution in [0.4, 0.5) is 0 Å². The molecule has 1 aromatic carbocycles. The summed E-state index contributed by atoms with van der Waals surface area (Å²) in [6.07, 6.45) is 1.28. The van der Waals surface area contributed by atoms with E-state index in [9.17, 15) is 9.59 Å². The van der Waals surface area contributed by atoms with Gasteiger partial charge in [-0.2, -0.15) is 0 Å². The monoisotopic (exact) mass is 281 g/mol. The van der Waals surface area contributed by atoms with E-state index in [0.717, 1.165) is 5.56 Å². The van der Waals surface area contributed by atoms with Crippen LogP contribution in [0.25, 0.3) is 0 Å². The molecule has 1 heterocycles. The Bertz CT molecular complexity index is 519. The molecule has 18 heavy (non-hydrogen) atoms. The number of hydrogen-bond acceptors (Lipinski definition) is 3. The first-order chi connectivity index (χ1) is 8.69. The summed E-state index contributed by atoms with van der Waals surface area (Å²) >= 11 is 11.9. The zero-order valence-corrected chi connectivity index (χ0v) is 10.7. The number of carbonyl (C=O) groups is 2. The van der Waals surface area contributed by atoms with E-state index in [1.54, 1.807) is 0 Å². The molecular weight excluding hydrogens is 273 g/mol. The van der Waals surface area contributed by atoms with Gasteiger partial charge in [0.1, 0.15) is 22.9 Å². The summed E-state index contributed by atoms with van der Waals surface area (Å²) < 4.78 is 0. The number of nitrogens with one attached hydrogen (secondary N) is 1. The molecule has 0 spiro atoms. The number of hydrogen-bond donors (Lipinski definition) is 1. The number of carbonyl (C=O) groups excluding carboxylic acids is 2. The summed E-state index contributed by atoms with van der Waals surface area (Å²) in [6, 6.07) is 9.13. The molecule has 0 radical (unpaired) electrons. The van der Waals surface area contributed by atoms with E-state index in [1.165, 1.54) is 0 Å². The van der Waals surface area contributed by atoms with Crippen molar-refractivity contribution in [3.8, 4) is 0 Å². The molecule has 2 rings (SSSR count). The van der Waals surface area contributed by atoms with E-state index in [-0.39, 0.29) is 10.3 Å². The van der Waals surface area contributed by atoms with Gasteiger partial charge in [0.05, 0.1) is 0 Å². The molecule has 3 nitrogen and oxygen atoms in total. The Hall–Kier alpha value is -1.58. The van der Waals surface area contributed by atoms with Crippen LogP contribution >= 0.6 is 23.2 Å². The second kappa shape index (κ2) is 5.38. The number of dihydropyridines is 1. The van der Waals surface area contributed by atoms with Crippen LogP contribution in [0.15, 0.2) is 51.8 Å². The molecule has 92 valence electrons. The highest BCUT2D eigenvalue weighted by molar-refractivity contribution is 6.35. The smallest absolute Gasteiger partial charge is 0.150 e. The minimum atomic E-state index is -0.526. The molecule has 0 saturated heterocycles. The van der Waals surface area contributed by atoms with Crippen LogP contribution in [0, 0.1) is 0 Å². The fourth-order valence-corrected chi connectivity index (χ4v) is 2.45. The molecule has 0 amide bonds. The van der Waals surface area contributed by atoms with Crippen LogP contribution < -0.4 is 5.32 Å². The number of benzene rings is 1. The molecule has 0 unspecified atom stereocenters. The van der Waals surface area contributed by atoms with Crippen molar-refractivity contribution in [2.75, 3.05) is 0 Å². The van der Waals surface area contributed by atoms with Crippen LogP contribution in [0.5, 0.6) is 0 Å². The van der Waals surface area contributed by atoms with Gasteiger partial charge in [-0.15, -0.1) is 0 Å². The van der Waals surface area contributed by atoms with Crippen LogP contribution in [0.2, 0.25) is 0 Å². The van der Waals surface area contributed by atoms with Gasteiger partial charge in [-0.25, -0.2) is 0 Å². The summed E-state index contributed by atoms with van der Waals surface area (Å²) in [5.41, 5.74) is 1.39. The van der Waals surface area contributed by atoms with Crippen molar-refractivity contribution in [3.63, 3.8) is 0 Å². The first-order valence-electron chi connectivity index (χ1n) is 5.20. The predicted octanol–water partition coefficient (Wildman–Crippen LogP) is 2.67. The molecule has 0 aliphatic carbocycles. The summed E-state index contributed by atoms with van der Waals surface area (Å²) in [6.45, 7) is 0. The minimum Gasteiger partial charge on any atom is -0.336 e. The molecule has 0 fully saturated rings. The van der Waals surface area contributed by atoms with Crippen molar-refractivity contribution in [3.05, 3.63) is 57.4 Å². The Balaban J connectivity index is 2.60. The first kappa shape index (κ1) is 12.9. The average Bonchev–Trinajstić information content (AvgIpc) is 2.39. The van der Waals surface area contributed by atoms with E-state index in [1.807, 2.05) is 30.3 Å². The maximum Gasteiger partial charge on any atom is 0.150 e. The number of halogens is 2. The number of rotatable bonds is 3. The quantitative estimate of drug-likeness (QED) is 0.685. The standard InChI is InChI=1S/C13H9Cl2NO2/c14-12-9(6-17)11(8-4-2-1-3-5-8)10(7-18)13(15)16-12/h1-7,11,16H. The van der Waals surface area contributed by atoms with E-state index < -0.39 is 5.92 Å². The number of allylic oxidation sites excluding steroid dienone is 2. The third kappa shape index (κ3) is 2.19. The van der Waals surface area contributed by atoms with Crippen LogP contribution in [-0.2, 0) is 9.59 Å². The van der Waals surface area contributed by atoms with Crippen molar-refractivity contribution in [2.24, 2.45) is 0 Å². The SMILES string of the molecule is O=CC1=C(Cl)NC(Cl)=C(C=O)C1c1ccccc1. The van der Waals surface area contributed by atoms with Gasteiger partial charge in [0.15, 0.2) is 0 Å². The van der Waals surface area contributed by atoms with E-state index in [0.29, 0.717) is 23.7 Å². The fraction of sp³-hybridized carbons (Fsp3) is 0.0769. The van der Waals surface area contributed by atoms with E-state index >= 15 is 0 Å².